The Hall–Kier alpha value is -4.32. The van der Waals surface area contributed by atoms with Gasteiger partial charge in [-0.3, -0.25) is 25.0 Å². The molecule has 12 heteroatoms. The number of rotatable bonds is 9. The van der Waals surface area contributed by atoms with E-state index in [0.717, 1.165) is 28.2 Å². The largest absolute Gasteiger partial charge is 0.493 e. The molecule has 0 radical (unpaired) electrons. The smallest absolute Gasteiger partial charge is 0.318 e. The second-order valence-electron chi connectivity index (χ2n) is 6.78. The first-order valence-electron chi connectivity index (χ1n) is 9.62. The van der Waals surface area contributed by atoms with Crippen LogP contribution in [0.3, 0.4) is 0 Å². The Morgan fingerprint density at radius 1 is 1.00 bits per heavy atom. The number of amides is 1. The molecule has 0 atom stereocenters. The van der Waals surface area contributed by atoms with Crippen molar-refractivity contribution in [2.75, 3.05) is 7.11 Å². The summed E-state index contributed by atoms with van der Waals surface area (Å²) >= 11 is 3.33. The van der Waals surface area contributed by atoms with Gasteiger partial charge in [-0.15, -0.1) is 0 Å². The quantitative estimate of drug-likeness (QED) is 0.239. The van der Waals surface area contributed by atoms with E-state index in [1.165, 1.54) is 19.4 Å². The van der Waals surface area contributed by atoms with Crippen LogP contribution < -0.4 is 14.9 Å². The minimum absolute atomic E-state index is 0.149. The number of ether oxygens (including phenoxy) is 2. The van der Waals surface area contributed by atoms with Crippen molar-refractivity contribution in [2.24, 2.45) is 5.10 Å². The third-order valence-electron chi connectivity index (χ3n) is 4.44. The van der Waals surface area contributed by atoms with Gasteiger partial charge in [0.05, 0.1) is 35.7 Å². The van der Waals surface area contributed by atoms with E-state index in [1.807, 2.05) is 24.3 Å². The van der Waals surface area contributed by atoms with Gasteiger partial charge in [-0.2, -0.15) is 5.10 Å². The Morgan fingerprint density at radius 2 is 1.71 bits per heavy atom. The van der Waals surface area contributed by atoms with E-state index in [4.69, 9.17) is 9.47 Å². The van der Waals surface area contributed by atoms with Crippen LogP contribution in [0.5, 0.6) is 17.2 Å². The highest BCUT2D eigenvalue weighted by atomic mass is 79.9. The zero-order chi connectivity index (χ0) is 24.7. The van der Waals surface area contributed by atoms with Crippen molar-refractivity contribution in [3.63, 3.8) is 0 Å². The van der Waals surface area contributed by atoms with Crippen molar-refractivity contribution in [1.29, 1.82) is 0 Å². The van der Waals surface area contributed by atoms with Gasteiger partial charge in [0.15, 0.2) is 11.5 Å². The highest BCUT2D eigenvalue weighted by Gasteiger charge is 2.22. The monoisotopic (exact) mass is 528 g/mol. The minimum Gasteiger partial charge on any atom is -0.493 e. The highest BCUT2D eigenvalue weighted by molar-refractivity contribution is 9.10. The zero-order valence-electron chi connectivity index (χ0n) is 17.6. The van der Waals surface area contributed by atoms with Crippen LogP contribution >= 0.6 is 15.9 Å². The Kier molecular flexibility index (Phi) is 7.88. The first kappa shape index (κ1) is 24.3. The Bertz CT molecular complexity index is 1260. The summed E-state index contributed by atoms with van der Waals surface area (Å²) < 4.78 is 11.8. The summed E-state index contributed by atoms with van der Waals surface area (Å²) in [6, 6.07) is 15.0. The number of hydrazone groups is 1. The van der Waals surface area contributed by atoms with Crippen LogP contribution in [0.25, 0.3) is 0 Å². The molecule has 0 aliphatic rings. The molecule has 0 heterocycles. The molecule has 0 bridgehead atoms. The van der Waals surface area contributed by atoms with E-state index in [-0.39, 0.29) is 29.6 Å². The molecule has 174 valence electrons. The summed E-state index contributed by atoms with van der Waals surface area (Å²) in [7, 11) is 1.38. The van der Waals surface area contributed by atoms with Crippen LogP contribution in [0.4, 0.5) is 11.4 Å². The summed E-state index contributed by atoms with van der Waals surface area (Å²) in [5.41, 5.74) is 2.84. The van der Waals surface area contributed by atoms with Crippen LogP contribution in [-0.2, 0) is 11.2 Å². The fraction of sp³-hybridized carbons (Fsp3) is 0.0909. The summed E-state index contributed by atoms with van der Waals surface area (Å²) in [5, 5.41) is 26.1. The highest BCUT2D eigenvalue weighted by Crippen LogP contribution is 2.38. The van der Waals surface area contributed by atoms with Crippen LogP contribution in [-0.4, -0.2) is 29.1 Å². The maximum atomic E-state index is 12.0. The maximum absolute atomic E-state index is 12.0. The summed E-state index contributed by atoms with van der Waals surface area (Å²) in [4.78, 5) is 32.8. The lowest BCUT2D eigenvalue weighted by Crippen LogP contribution is -2.19. The van der Waals surface area contributed by atoms with Crippen LogP contribution in [0.15, 0.2) is 70.2 Å². The number of nitro benzene ring substituents is 2. The van der Waals surface area contributed by atoms with Gasteiger partial charge in [-0.05, 0) is 47.5 Å². The number of hydrogen-bond donors (Lipinski definition) is 1. The molecule has 0 fully saturated rings. The molecule has 3 rings (SSSR count). The van der Waals surface area contributed by atoms with Gasteiger partial charge in [0.2, 0.25) is 11.7 Å². The van der Waals surface area contributed by atoms with E-state index < -0.39 is 21.2 Å². The number of benzene rings is 3. The third kappa shape index (κ3) is 6.36. The van der Waals surface area contributed by atoms with Gasteiger partial charge >= 0.3 is 5.69 Å². The molecule has 34 heavy (non-hydrogen) atoms. The number of halogens is 1. The Balaban J connectivity index is 1.71. The third-order valence-corrected chi connectivity index (χ3v) is 4.97. The normalized spacial score (nSPS) is 10.6. The number of nitrogens with one attached hydrogen (secondary N) is 1. The number of hydrogen-bond acceptors (Lipinski definition) is 8. The molecule has 0 unspecified atom stereocenters. The van der Waals surface area contributed by atoms with Crippen molar-refractivity contribution in [2.45, 2.75) is 6.42 Å². The van der Waals surface area contributed by atoms with Crippen molar-refractivity contribution < 1.29 is 24.1 Å². The number of nitrogens with zero attached hydrogens (tertiary/aromatic N) is 3. The molecule has 0 aliphatic carbocycles. The second kappa shape index (κ2) is 11.0. The number of carbonyl (C=O) groups excluding carboxylic acids is 1. The Morgan fingerprint density at radius 3 is 2.35 bits per heavy atom. The van der Waals surface area contributed by atoms with E-state index >= 15 is 0 Å². The molecule has 0 saturated carbocycles. The van der Waals surface area contributed by atoms with Crippen LogP contribution in [0.1, 0.15) is 11.1 Å². The van der Waals surface area contributed by atoms with Crippen molar-refractivity contribution in [3.05, 3.63) is 96.5 Å². The molecule has 0 spiro atoms. The lowest BCUT2D eigenvalue weighted by atomic mass is 10.1. The molecule has 0 saturated heterocycles. The van der Waals surface area contributed by atoms with E-state index in [1.54, 1.807) is 12.1 Å². The van der Waals surface area contributed by atoms with Gasteiger partial charge < -0.3 is 9.47 Å². The lowest BCUT2D eigenvalue weighted by Gasteiger charge is -2.11. The fourth-order valence-corrected chi connectivity index (χ4v) is 3.09. The molecule has 1 N–H and O–H groups in total. The predicted molar refractivity (Wildman–Crippen MR) is 126 cm³/mol. The predicted octanol–water partition coefficient (Wildman–Crippen LogP) is 4.76. The molecule has 3 aromatic carbocycles. The van der Waals surface area contributed by atoms with E-state index in [0.29, 0.717) is 5.56 Å². The molecule has 3 aromatic rings. The minimum atomic E-state index is -0.771. The van der Waals surface area contributed by atoms with Gasteiger partial charge in [0, 0.05) is 10.5 Å². The molecular weight excluding hydrogens is 512 g/mol. The average Bonchev–Trinajstić information content (AvgIpc) is 2.81. The molecule has 0 aliphatic heterocycles. The van der Waals surface area contributed by atoms with Gasteiger partial charge in [0.25, 0.3) is 5.69 Å². The number of carbonyl (C=O) groups is 1. The topological polar surface area (TPSA) is 146 Å². The summed E-state index contributed by atoms with van der Waals surface area (Å²) in [6.45, 7) is 0. The average molecular weight is 529 g/mol. The molecule has 0 aromatic heterocycles. The first-order chi connectivity index (χ1) is 16.3. The standard InChI is InChI=1S/C22H17BrN4O7/c1-33-21-10-15(13-24-25-22(28)11-14-2-5-16(23)6-3-14)4-8-20(21)34-19-9-7-17(26(29)30)12-18(19)27(31)32/h2-10,12-13H,11H2,1H3,(H,25,28)/b24-13-. The fourth-order valence-electron chi connectivity index (χ4n) is 2.82. The first-order valence-corrected chi connectivity index (χ1v) is 10.4. The van der Waals surface area contributed by atoms with E-state index in [9.17, 15) is 25.0 Å². The zero-order valence-corrected chi connectivity index (χ0v) is 19.2. The van der Waals surface area contributed by atoms with Crippen molar-refractivity contribution in [3.8, 4) is 17.2 Å². The van der Waals surface area contributed by atoms with Gasteiger partial charge in [-0.25, -0.2) is 5.43 Å². The summed E-state index contributed by atoms with van der Waals surface area (Å²) in [5.74, 6) is -0.0971. The van der Waals surface area contributed by atoms with Crippen LogP contribution in [0.2, 0.25) is 0 Å². The molecular formula is C22H17BrN4O7. The summed E-state index contributed by atoms with van der Waals surface area (Å²) in [6.07, 6.45) is 1.56. The lowest BCUT2D eigenvalue weighted by molar-refractivity contribution is -0.394. The second-order valence-corrected chi connectivity index (χ2v) is 7.69. The molecule has 1 amide bonds. The molecule has 11 nitrogen and oxygen atoms in total. The van der Waals surface area contributed by atoms with Crippen LogP contribution in [0, 0.1) is 20.2 Å². The maximum Gasteiger partial charge on any atom is 0.318 e. The number of nitro groups is 2. The van der Waals surface area contributed by atoms with E-state index in [2.05, 4.69) is 26.5 Å². The van der Waals surface area contributed by atoms with Gasteiger partial charge in [-0.1, -0.05) is 28.1 Å². The SMILES string of the molecule is COc1cc(/C=N\NC(=O)Cc2ccc(Br)cc2)ccc1Oc1ccc([N+](=O)[O-])cc1[N+](=O)[O-]. The number of non-ortho nitro benzene ring substituents is 1. The number of methoxy groups -OCH3 is 1. The van der Waals surface area contributed by atoms with Crippen molar-refractivity contribution >= 4 is 39.4 Å². The van der Waals surface area contributed by atoms with Crippen molar-refractivity contribution in [1.82, 2.24) is 5.43 Å². The Labute approximate surface area is 201 Å². The van der Waals surface area contributed by atoms with Gasteiger partial charge in [0.1, 0.15) is 0 Å².